The monoisotopic (exact) mass is 591 g/mol. The van der Waals surface area contributed by atoms with Crippen molar-refractivity contribution in [2.75, 3.05) is 29.9 Å². The van der Waals surface area contributed by atoms with Crippen molar-refractivity contribution in [2.24, 2.45) is 29.0 Å². The van der Waals surface area contributed by atoms with Crippen molar-refractivity contribution in [1.82, 2.24) is 33.6 Å². The molecule has 1 saturated carbocycles. The summed E-state index contributed by atoms with van der Waals surface area (Å²) in [5.41, 5.74) is -0.128. The molecule has 16 heteroatoms. The summed E-state index contributed by atoms with van der Waals surface area (Å²) >= 11 is 1.36. The topological polar surface area (TPSA) is 167 Å². The van der Waals surface area contributed by atoms with E-state index in [0.717, 1.165) is 41.0 Å². The highest BCUT2D eigenvalue weighted by Crippen LogP contribution is 2.45. The first kappa shape index (κ1) is 27.4. The van der Waals surface area contributed by atoms with Gasteiger partial charge in [-0.1, -0.05) is 5.16 Å². The largest absolute Gasteiger partial charge is 0.392 e. The minimum absolute atomic E-state index is 0.0448. The van der Waals surface area contributed by atoms with Gasteiger partial charge in [0.05, 0.1) is 12.9 Å². The van der Waals surface area contributed by atoms with E-state index in [0.29, 0.717) is 16.7 Å². The van der Waals surface area contributed by atoms with Crippen LogP contribution in [0.4, 0.5) is 11.8 Å². The number of amides is 1. The molecule has 6 rings (SSSR count). The van der Waals surface area contributed by atoms with E-state index >= 15 is 0 Å². The molecule has 0 bridgehead atoms. The third-order valence-corrected chi connectivity index (χ3v) is 8.48. The van der Waals surface area contributed by atoms with Crippen molar-refractivity contribution in [3.8, 4) is 10.6 Å². The van der Waals surface area contributed by atoms with Gasteiger partial charge in [0.25, 0.3) is 5.56 Å². The minimum Gasteiger partial charge on any atom is -0.392 e. The van der Waals surface area contributed by atoms with Gasteiger partial charge in [0.15, 0.2) is 17.0 Å². The van der Waals surface area contributed by atoms with Crippen LogP contribution in [0.5, 0.6) is 0 Å². The summed E-state index contributed by atoms with van der Waals surface area (Å²) < 4.78 is 3.71. The number of aliphatic imine (C=N–C) groups is 1. The number of piperidine rings is 1. The second kappa shape index (κ2) is 10.9. The number of oxime groups is 1. The Hall–Kier alpha value is -4.73. The second-order valence-electron chi connectivity index (χ2n) is 10.4. The molecule has 1 amide bonds. The van der Waals surface area contributed by atoms with E-state index < -0.39 is 23.2 Å². The lowest BCUT2D eigenvalue weighted by molar-refractivity contribution is -0.118. The average Bonchev–Trinajstić information content (AvgIpc) is 3.37. The van der Waals surface area contributed by atoms with Crippen LogP contribution in [0.25, 0.3) is 21.7 Å². The number of aryl methyl sites for hydroxylation is 1. The maximum Gasteiger partial charge on any atom is 0.332 e. The first-order valence-corrected chi connectivity index (χ1v) is 14.3. The normalized spacial score (nSPS) is 18.6. The van der Waals surface area contributed by atoms with Crippen LogP contribution in [0.3, 0.4) is 0 Å². The highest BCUT2D eigenvalue weighted by atomic mass is 32.1. The van der Waals surface area contributed by atoms with Crippen LogP contribution in [-0.2, 0) is 23.2 Å². The number of amidine groups is 1. The zero-order chi connectivity index (χ0) is 29.5. The molecule has 0 aromatic carbocycles. The molecule has 2 unspecified atom stereocenters. The van der Waals surface area contributed by atoms with Crippen LogP contribution in [0.15, 0.2) is 43.8 Å². The summed E-state index contributed by atoms with van der Waals surface area (Å²) in [5.74, 6) is 2.59. The zero-order valence-electron chi connectivity index (χ0n) is 23.3. The number of nitrogens with one attached hydrogen (secondary N) is 1. The van der Waals surface area contributed by atoms with Crippen LogP contribution < -0.4 is 21.5 Å². The highest BCUT2D eigenvalue weighted by molar-refractivity contribution is 7.13. The number of hydrogen-bond acceptors (Lipinski definition) is 11. The Bertz CT molecular complexity index is 1810. The quantitative estimate of drug-likeness (QED) is 0.131. The lowest BCUT2D eigenvalue weighted by atomic mass is 10.3. The van der Waals surface area contributed by atoms with Crippen LogP contribution >= 0.6 is 11.3 Å². The Morgan fingerprint density at radius 3 is 2.69 bits per heavy atom. The summed E-state index contributed by atoms with van der Waals surface area (Å²) in [6.45, 7) is 8.51. The molecule has 3 atom stereocenters. The molecule has 2 fully saturated rings. The Labute approximate surface area is 243 Å². The van der Waals surface area contributed by atoms with E-state index in [9.17, 15) is 14.4 Å². The smallest absolute Gasteiger partial charge is 0.332 e. The number of rotatable bonds is 9. The van der Waals surface area contributed by atoms with Gasteiger partial charge in [0, 0.05) is 43.5 Å². The minimum atomic E-state index is -0.838. The molecule has 5 heterocycles. The fraction of sp³-hybridized carbons (Fsp3) is 0.423. The zero-order valence-corrected chi connectivity index (χ0v) is 24.1. The number of hydrogen-bond donors (Lipinski definition) is 1. The molecule has 0 radical (unpaired) electrons. The van der Waals surface area contributed by atoms with E-state index in [1.807, 2.05) is 0 Å². The van der Waals surface area contributed by atoms with Gasteiger partial charge in [-0.15, -0.1) is 11.3 Å². The van der Waals surface area contributed by atoms with E-state index in [2.05, 4.69) is 47.0 Å². The molecule has 42 heavy (non-hydrogen) atoms. The van der Waals surface area contributed by atoms with E-state index in [1.54, 1.807) is 31.6 Å². The van der Waals surface area contributed by atoms with Gasteiger partial charge in [-0.25, -0.2) is 29.7 Å². The fourth-order valence-corrected chi connectivity index (χ4v) is 5.78. The van der Waals surface area contributed by atoms with Crippen molar-refractivity contribution in [3.63, 3.8) is 0 Å². The average molecular weight is 592 g/mol. The second-order valence-corrected chi connectivity index (χ2v) is 11.2. The van der Waals surface area contributed by atoms with Crippen LogP contribution in [0, 0.1) is 11.8 Å². The van der Waals surface area contributed by atoms with Crippen molar-refractivity contribution in [1.29, 1.82) is 0 Å². The Morgan fingerprint density at radius 2 is 1.98 bits per heavy atom. The standard InChI is InChI=1S/C26H29N11O4S/c1-14(37-13-30-21-20(37)24(39)36(26(40)34(21)4)5-6-41-33-15(2)27-3)22(38)31-19-12-42-23(32-19)18-8-28-25(29-9-18)35-10-16-7-17(16)11-35/h8-9,12-14,16-17H,3,5-7,10-11H2,1-2,4H3,(H,31,38)/b33-15-/t14-,16?,17?/m0/s1. The SMILES string of the molecule is C=N/C(C)=N\OCCn1c(=O)c2c(ncn2[C@@H](C)C(=O)Nc2csc(-c3cnc(N4CC5CC5C4)nc3)n2)n(C)c1=O. The third kappa shape index (κ3) is 5.08. The van der Waals surface area contributed by atoms with E-state index in [1.165, 1.54) is 40.3 Å². The molecule has 4 aromatic heterocycles. The Kier molecular flexibility index (Phi) is 7.14. The lowest BCUT2D eigenvalue weighted by Gasteiger charge is -2.17. The number of carbonyl (C=O) groups excluding carboxylic acids is 1. The molecular weight excluding hydrogens is 562 g/mol. The molecule has 1 aliphatic carbocycles. The number of carbonyl (C=O) groups is 1. The summed E-state index contributed by atoms with van der Waals surface area (Å²) in [7, 11) is 1.51. The Balaban J connectivity index is 1.17. The molecule has 0 spiro atoms. The number of aromatic nitrogens is 7. The van der Waals surface area contributed by atoms with E-state index in [4.69, 9.17) is 4.84 Å². The number of nitrogens with zero attached hydrogens (tertiary/aromatic N) is 10. The van der Waals surface area contributed by atoms with Gasteiger partial charge >= 0.3 is 5.69 Å². The molecule has 1 aliphatic heterocycles. The fourth-order valence-electron chi connectivity index (χ4n) is 5.06. The van der Waals surface area contributed by atoms with Crippen molar-refractivity contribution < 1.29 is 9.63 Å². The molecule has 15 nitrogen and oxygen atoms in total. The summed E-state index contributed by atoms with van der Waals surface area (Å²) in [5, 5.41) is 8.93. The summed E-state index contributed by atoms with van der Waals surface area (Å²) in [6, 6.07) is -0.838. The first-order valence-electron chi connectivity index (χ1n) is 13.4. The van der Waals surface area contributed by atoms with Crippen molar-refractivity contribution in [3.05, 3.63) is 44.9 Å². The Morgan fingerprint density at radius 1 is 1.24 bits per heavy atom. The number of anilines is 2. The van der Waals surface area contributed by atoms with Gasteiger partial charge in [-0.3, -0.25) is 18.7 Å². The van der Waals surface area contributed by atoms with Crippen molar-refractivity contribution in [2.45, 2.75) is 32.9 Å². The molecular formula is C26H29N11O4S. The van der Waals surface area contributed by atoms with Gasteiger partial charge in [-0.2, -0.15) is 0 Å². The molecule has 1 saturated heterocycles. The van der Waals surface area contributed by atoms with Crippen LogP contribution in [-0.4, -0.2) is 71.8 Å². The van der Waals surface area contributed by atoms with Crippen LogP contribution in [0.1, 0.15) is 26.3 Å². The third-order valence-electron chi connectivity index (χ3n) is 7.59. The van der Waals surface area contributed by atoms with Crippen LogP contribution in [0.2, 0.25) is 0 Å². The van der Waals surface area contributed by atoms with Crippen molar-refractivity contribution >= 4 is 52.7 Å². The predicted molar refractivity (Wildman–Crippen MR) is 158 cm³/mol. The van der Waals surface area contributed by atoms with Gasteiger partial charge in [0.2, 0.25) is 11.9 Å². The van der Waals surface area contributed by atoms with Gasteiger partial charge < -0.3 is 19.6 Å². The molecule has 2 aliphatic rings. The summed E-state index contributed by atoms with van der Waals surface area (Å²) in [4.78, 5) is 68.2. The summed E-state index contributed by atoms with van der Waals surface area (Å²) in [6.07, 6.45) is 6.19. The van der Waals surface area contributed by atoms with E-state index in [-0.39, 0.29) is 24.3 Å². The maximum absolute atomic E-state index is 13.4. The van der Waals surface area contributed by atoms with Gasteiger partial charge in [-0.05, 0) is 38.8 Å². The number of thiazole rings is 1. The predicted octanol–water partition coefficient (Wildman–Crippen LogP) is 1.52. The molecule has 1 N–H and O–H groups in total. The lowest BCUT2D eigenvalue weighted by Crippen LogP contribution is -2.41. The number of imidazole rings is 1. The molecule has 4 aromatic rings. The number of fused-ring (bicyclic) bond motifs is 2. The van der Waals surface area contributed by atoms with Gasteiger partial charge in [0.1, 0.15) is 23.5 Å². The highest BCUT2D eigenvalue weighted by Gasteiger charge is 2.45. The maximum atomic E-state index is 13.4. The first-order chi connectivity index (χ1) is 20.2. The molecule has 218 valence electrons.